The molecule has 0 heterocycles. The minimum Gasteiger partial charge on any atom is -0.481 e. The third-order valence-corrected chi connectivity index (χ3v) is 3.37. The Morgan fingerprint density at radius 1 is 1.14 bits per heavy atom. The van der Waals surface area contributed by atoms with Gasteiger partial charge < -0.3 is 5.11 Å². The van der Waals surface area contributed by atoms with Crippen LogP contribution >= 0.6 is 0 Å². The van der Waals surface area contributed by atoms with Crippen molar-refractivity contribution in [3.8, 4) is 6.07 Å². The maximum atomic E-state index is 13.4. The third-order valence-electron chi connectivity index (χ3n) is 3.37. The molecule has 0 spiro atoms. The molecule has 0 aliphatic rings. The largest absolute Gasteiger partial charge is 0.481 e. The molecule has 1 N–H and O–H groups in total. The fourth-order valence-corrected chi connectivity index (χ4v) is 2.41. The molecule has 21 heavy (non-hydrogen) atoms. The molecule has 2 aromatic carbocycles. The van der Waals surface area contributed by atoms with Crippen molar-refractivity contribution in [1.29, 1.82) is 5.26 Å². The summed E-state index contributed by atoms with van der Waals surface area (Å²) in [5.74, 6) is -2.68. The first-order chi connectivity index (χ1) is 10.1. The van der Waals surface area contributed by atoms with Crippen molar-refractivity contribution < 1.29 is 14.3 Å². The molecule has 0 bridgehead atoms. The summed E-state index contributed by atoms with van der Waals surface area (Å²) < 4.78 is 13.4. The van der Waals surface area contributed by atoms with Gasteiger partial charge in [-0.05, 0) is 23.3 Å². The van der Waals surface area contributed by atoms with Crippen molar-refractivity contribution in [2.24, 2.45) is 0 Å². The highest BCUT2D eigenvalue weighted by Crippen LogP contribution is 2.35. The van der Waals surface area contributed by atoms with Crippen LogP contribution in [0.1, 0.15) is 29.4 Å². The molecule has 0 saturated carbocycles. The monoisotopic (exact) mass is 283 g/mol. The van der Waals surface area contributed by atoms with E-state index in [0.717, 1.165) is 5.56 Å². The van der Waals surface area contributed by atoms with Crippen LogP contribution in [0.25, 0.3) is 0 Å². The lowest BCUT2D eigenvalue weighted by Crippen LogP contribution is -2.14. The molecule has 4 heteroatoms. The molecule has 106 valence electrons. The van der Waals surface area contributed by atoms with Crippen LogP contribution in [0.15, 0.2) is 54.6 Å². The molecule has 2 rings (SSSR count). The second kappa shape index (κ2) is 6.67. The number of halogens is 1. The van der Waals surface area contributed by atoms with Crippen molar-refractivity contribution in [3.63, 3.8) is 0 Å². The molecule has 0 fully saturated rings. The Balaban J connectivity index is 2.44. The number of nitrogens with zero attached hydrogens (tertiary/aromatic N) is 1. The molecule has 3 nitrogen and oxygen atoms in total. The summed E-state index contributed by atoms with van der Waals surface area (Å²) in [6, 6.07) is 16.9. The van der Waals surface area contributed by atoms with E-state index in [9.17, 15) is 14.4 Å². The molecule has 2 aromatic rings. The van der Waals surface area contributed by atoms with Gasteiger partial charge in [0.05, 0.1) is 18.4 Å². The lowest BCUT2D eigenvalue weighted by molar-refractivity contribution is -0.137. The Morgan fingerprint density at radius 3 is 2.38 bits per heavy atom. The fourth-order valence-electron chi connectivity index (χ4n) is 2.41. The Labute approximate surface area is 122 Å². The minimum absolute atomic E-state index is 0.226. The van der Waals surface area contributed by atoms with Crippen molar-refractivity contribution in [2.75, 3.05) is 0 Å². The molecule has 0 radical (unpaired) electrons. The zero-order chi connectivity index (χ0) is 15.2. The van der Waals surface area contributed by atoms with E-state index in [1.807, 2.05) is 6.07 Å². The van der Waals surface area contributed by atoms with Gasteiger partial charge in [0, 0.05) is 5.92 Å². The van der Waals surface area contributed by atoms with E-state index in [0.29, 0.717) is 5.56 Å². The van der Waals surface area contributed by atoms with E-state index in [4.69, 9.17) is 5.11 Å². The van der Waals surface area contributed by atoms with Crippen LogP contribution in [0.5, 0.6) is 0 Å². The molecular weight excluding hydrogens is 269 g/mol. The van der Waals surface area contributed by atoms with Gasteiger partial charge in [0.1, 0.15) is 5.82 Å². The molecule has 0 amide bonds. The number of nitriles is 1. The highest BCUT2D eigenvalue weighted by Gasteiger charge is 2.27. The van der Waals surface area contributed by atoms with Crippen LogP contribution in [0.4, 0.5) is 4.39 Å². The maximum Gasteiger partial charge on any atom is 0.304 e. The lowest BCUT2D eigenvalue weighted by Gasteiger charge is -2.21. The predicted octanol–water partition coefficient (Wildman–Crippen LogP) is 3.69. The molecule has 2 unspecified atom stereocenters. The van der Waals surface area contributed by atoms with Crippen LogP contribution in [-0.2, 0) is 4.79 Å². The van der Waals surface area contributed by atoms with Gasteiger partial charge in [0.25, 0.3) is 0 Å². The van der Waals surface area contributed by atoms with Gasteiger partial charge in [0.2, 0.25) is 0 Å². The van der Waals surface area contributed by atoms with Gasteiger partial charge >= 0.3 is 5.97 Å². The highest BCUT2D eigenvalue weighted by atomic mass is 19.1. The summed E-state index contributed by atoms with van der Waals surface area (Å²) >= 11 is 0. The summed E-state index contributed by atoms with van der Waals surface area (Å²) in [6.45, 7) is 0. The Morgan fingerprint density at radius 2 is 1.81 bits per heavy atom. The Bertz CT molecular complexity index is 664. The van der Waals surface area contributed by atoms with Crippen LogP contribution < -0.4 is 0 Å². The molecule has 2 atom stereocenters. The molecule has 0 saturated heterocycles. The van der Waals surface area contributed by atoms with Gasteiger partial charge in [-0.1, -0.05) is 42.5 Å². The average Bonchev–Trinajstić information content (AvgIpc) is 2.48. The number of hydrogen-bond acceptors (Lipinski definition) is 2. The van der Waals surface area contributed by atoms with Gasteiger partial charge in [-0.3, -0.25) is 4.79 Å². The summed E-state index contributed by atoms with van der Waals surface area (Å²) in [7, 11) is 0. The van der Waals surface area contributed by atoms with Gasteiger partial charge in [-0.25, -0.2) is 4.39 Å². The normalized spacial score (nSPS) is 13.1. The van der Waals surface area contributed by atoms with Crippen LogP contribution in [0, 0.1) is 17.1 Å². The zero-order valence-corrected chi connectivity index (χ0v) is 11.2. The summed E-state index contributed by atoms with van der Waals surface area (Å²) in [5.41, 5.74) is 1.25. The van der Waals surface area contributed by atoms with Crippen molar-refractivity contribution in [3.05, 3.63) is 71.5 Å². The number of benzene rings is 2. The number of carbonyl (C=O) groups is 1. The maximum absolute atomic E-state index is 13.4. The first kappa shape index (κ1) is 14.7. The second-order valence-electron chi connectivity index (χ2n) is 4.78. The molecular formula is C17H14FNO2. The molecule has 0 aliphatic carbocycles. The summed E-state index contributed by atoms with van der Waals surface area (Å²) in [5, 5.41) is 18.6. The van der Waals surface area contributed by atoms with Crippen molar-refractivity contribution >= 4 is 5.97 Å². The van der Waals surface area contributed by atoms with E-state index in [2.05, 4.69) is 6.07 Å². The average molecular weight is 283 g/mol. The number of hydrogen-bond donors (Lipinski definition) is 1. The van der Waals surface area contributed by atoms with Crippen LogP contribution in [0.2, 0.25) is 0 Å². The summed E-state index contributed by atoms with van der Waals surface area (Å²) in [4.78, 5) is 11.1. The van der Waals surface area contributed by atoms with E-state index >= 15 is 0 Å². The number of carboxylic acids is 1. The topological polar surface area (TPSA) is 61.1 Å². The molecule has 0 aromatic heterocycles. The second-order valence-corrected chi connectivity index (χ2v) is 4.78. The zero-order valence-electron chi connectivity index (χ0n) is 11.2. The van der Waals surface area contributed by atoms with E-state index in [1.165, 1.54) is 18.2 Å². The van der Waals surface area contributed by atoms with E-state index in [-0.39, 0.29) is 6.42 Å². The smallest absolute Gasteiger partial charge is 0.304 e. The first-order valence-corrected chi connectivity index (χ1v) is 6.53. The van der Waals surface area contributed by atoms with Gasteiger partial charge in [0.15, 0.2) is 0 Å². The minimum atomic E-state index is -1.01. The molecule has 0 aliphatic heterocycles. The van der Waals surface area contributed by atoms with Gasteiger partial charge in [-0.2, -0.15) is 5.26 Å². The standard InChI is InChI=1S/C17H14FNO2/c18-14-8-4-7-13(9-14)15(10-17(20)21)16(11-19)12-5-2-1-3-6-12/h1-9,15-16H,10H2,(H,20,21). The number of rotatable bonds is 5. The highest BCUT2D eigenvalue weighted by molar-refractivity contribution is 5.68. The van der Waals surface area contributed by atoms with Crippen LogP contribution in [-0.4, -0.2) is 11.1 Å². The van der Waals surface area contributed by atoms with Crippen molar-refractivity contribution in [1.82, 2.24) is 0 Å². The quantitative estimate of drug-likeness (QED) is 0.910. The SMILES string of the molecule is N#CC(c1ccccc1)C(CC(=O)O)c1cccc(F)c1. The number of carboxylic acid groups (broad SMARTS) is 1. The fraction of sp³-hybridized carbons (Fsp3) is 0.176. The third kappa shape index (κ3) is 3.67. The van der Waals surface area contributed by atoms with Crippen molar-refractivity contribution in [2.45, 2.75) is 18.3 Å². The van der Waals surface area contributed by atoms with E-state index in [1.54, 1.807) is 30.3 Å². The van der Waals surface area contributed by atoms with Gasteiger partial charge in [-0.15, -0.1) is 0 Å². The first-order valence-electron chi connectivity index (χ1n) is 6.53. The van der Waals surface area contributed by atoms with Crippen LogP contribution in [0.3, 0.4) is 0 Å². The predicted molar refractivity (Wildman–Crippen MR) is 76.2 cm³/mol. The Kier molecular flexibility index (Phi) is 4.68. The van der Waals surface area contributed by atoms with E-state index < -0.39 is 23.6 Å². The Hall–Kier alpha value is -2.67. The lowest BCUT2D eigenvalue weighted by atomic mass is 9.80. The number of aliphatic carboxylic acids is 1. The summed E-state index contributed by atoms with van der Waals surface area (Å²) in [6.07, 6.45) is -0.226.